The van der Waals surface area contributed by atoms with Gasteiger partial charge in [-0.3, -0.25) is 14.9 Å². The highest BCUT2D eigenvalue weighted by molar-refractivity contribution is 5.92. The zero-order valence-electron chi connectivity index (χ0n) is 14.5. The van der Waals surface area contributed by atoms with E-state index >= 15 is 0 Å². The largest absolute Gasteiger partial charge is 0.449 e. The average Bonchev–Trinajstić information content (AvgIpc) is 2.66. The summed E-state index contributed by atoms with van der Waals surface area (Å²) in [6.07, 6.45) is -0.972. The third kappa shape index (κ3) is 5.14. The first-order chi connectivity index (χ1) is 12.4. The minimum atomic E-state index is -0.972. The Morgan fingerprint density at radius 1 is 1.08 bits per heavy atom. The molecule has 0 saturated carbocycles. The highest BCUT2D eigenvalue weighted by Gasteiger charge is 2.20. The number of ether oxygens (including phenoxy) is 1. The summed E-state index contributed by atoms with van der Waals surface area (Å²) in [6.45, 7) is 3.89. The molecule has 1 N–H and O–H groups in total. The fourth-order valence-electron chi connectivity index (χ4n) is 2.30. The Morgan fingerprint density at radius 2 is 1.69 bits per heavy atom. The van der Waals surface area contributed by atoms with Crippen LogP contribution < -0.4 is 5.32 Å². The molecule has 0 fully saturated rings. The monoisotopic (exact) mass is 356 g/mol. The summed E-state index contributed by atoms with van der Waals surface area (Å²) >= 11 is 0. The average molecular weight is 356 g/mol. The van der Waals surface area contributed by atoms with E-state index in [1.165, 1.54) is 31.2 Å². The molecule has 0 spiro atoms. The lowest BCUT2D eigenvalue weighted by Crippen LogP contribution is -2.37. The van der Waals surface area contributed by atoms with Gasteiger partial charge in [-0.15, -0.1) is 0 Å². The lowest BCUT2D eigenvalue weighted by atomic mass is 10.0. The van der Waals surface area contributed by atoms with Gasteiger partial charge in [0.25, 0.3) is 11.6 Å². The van der Waals surface area contributed by atoms with E-state index in [1.807, 2.05) is 37.3 Å². The number of hydrogen-bond donors (Lipinski definition) is 1. The van der Waals surface area contributed by atoms with Crippen molar-refractivity contribution in [2.24, 2.45) is 0 Å². The van der Waals surface area contributed by atoms with Gasteiger partial charge in [0.05, 0.1) is 10.5 Å². The summed E-state index contributed by atoms with van der Waals surface area (Å²) in [7, 11) is 0. The number of nitrogens with one attached hydrogen (secondary N) is 1. The van der Waals surface area contributed by atoms with Crippen molar-refractivity contribution in [1.29, 1.82) is 0 Å². The van der Waals surface area contributed by atoms with Crippen LogP contribution in [0, 0.1) is 10.1 Å². The second-order valence-electron chi connectivity index (χ2n) is 5.91. The fourth-order valence-corrected chi connectivity index (χ4v) is 2.30. The first kappa shape index (κ1) is 19.1. The summed E-state index contributed by atoms with van der Waals surface area (Å²) < 4.78 is 5.12. The maximum Gasteiger partial charge on any atom is 0.338 e. The van der Waals surface area contributed by atoms with Gasteiger partial charge in [0.1, 0.15) is 0 Å². The molecule has 0 radical (unpaired) electrons. The predicted octanol–water partition coefficient (Wildman–Crippen LogP) is 3.06. The van der Waals surface area contributed by atoms with E-state index in [9.17, 15) is 19.7 Å². The standard InChI is InChI=1S/C19H20N2O5/c1-13(15-6-4-3-5-7-15)12-20-18(22)14(2)26-19(23)16-8-10-17(11-9-16)21(24)25/h3-11,13-14H,12H2,1-2H3,(H,20,22)/t13-,14-/m1/s1. The smallest absolute Gasteiger partial charge is 0.338 e. The summed E-state index contributed by atoms with van der Waals surface area (Å²) in [4.78, 5) is 34.2. The minimum Gasteiger partial charge on any atom is -0.449 e. The molecule has 136 valence electrons. The van der Waals surface area contributed by atoms with Crippen LogP contribution in [0.1, 0.15) is 35.7 Å². The molecule has 7 nitrogen and oxygen atoms in total. The van der Waals surface area contributed by atoms with Gasteiger partial charge in [0.2, 0.25) is 0 Å². The molecule has 2 aromatic carbocycles. The van der Waals surface area contributed by atoms with Crippen molar-refractivity contribution < 1.29 is 19.2 Å². The van der Waals surface area contributed by atoms with Crippen molar-refractivity contribution >= 4 is 17.6 Å². The molecule has 0 unspecified atom stereocenters. The molecule has 0 saturated heterocycles. The lowest BCUT2D eigenvalue weighted by molar-refractivity contribution is -0.384. The molecule has 0 bridgehead atoms. The molecule has 0 aliphatic carbocycles. The summed E-state index contributed by atoms with van der Waals surface area (Å²) in [5.41, 5.74) is 1.12. The quantitative estimate of drug-likeness (QED) is 0.467. The van der Waals surface area contributed by atoms with E-state index in [1.54, 1.807) is 0 Å². The number of rotatable bonds is 7. The topological polar surface area (TPSA) is 98.5 Å². The second kappa shape index (κ2) is 8.75. The van der Waals surface area contributed by atoms with Crippen molar-refractivity contribution in [3.8, 4) is 0 Å². The van der Waals surface area contributed by atoms with E-state index in [2.05, 4.69) is 5.32 Å². The van der Waals surface area contributed by atoms with Crippen molar-refractivity contribution in [2.75, 3.05) is 6.54 Å². The Balaban J connectivity index is 1.86. The van der Waals surface area contributed by atoms with Crippen LogP contribution in [0.4, 0.5) is 5.69 Å². The van der Waals surface area contributed by atoms with Crippen LogP contribution in [0.2, 0.25) is 0 Å². The predicted molar refractivity (Wildman–Crippen MR) is 95.8 cm³/mol. The third-order valence-corrected chi connectivity index (χ3v) is 3.92. The second-order valence-corrected chi connectivity index (χ2v) is 5.91. The first-order valence-corrected chi connectivity index (χ1v) is 8.16. The Hall–Kier alpha value is -3.22. The Morgan fingerprint density at radius 3 is 2.27 bits per heavy atom. The summed E-state index contributed by atoms with van der Waals surface area (Å²) in [6, 6.07) is 14.8. The van der Waals surface area contributed by atoms with E-state index in [-0.39, 0.29) is 17.2 Å². The molecular formula is C19H20N2O5. The minimum absolute atomic E-state index is 0.123. The van der Waals surface area contributed by atoms with E-state index < -0.39 is 22.9 Å². The van der Waals surface area contributed by atoms with Crippen molar-refractivity contribution in [3.63, 3.8) is 0 Å². The van der Waals surface area contributed by atoms with Crippen LogP contribution in [0.3, 0.4) is 0 Å². The van der Waals surface area contributed by atoms with Crippen molar-refractivity contribution in [3.05, 3.63) is 75.8 Å². The van der Waals surface area contributed by atoms with Crippen LogP contribution >= 0.6 is 0 Å². The molecule has 0 aliphatic rings. The van der Waals surface area contributed by atoms with Gasteiger partial charge >= 0.3 is 5.97 Å². The van der Waals surface area contributed by atoms with E-state index in [4.69, 9.17) is 4.74 Å². The highest BCUT2D eigenvalue weighted by atomic mass is 16.6. The summed E-state index contributed by atoms with van der Waals surface area (Å²) in [5.74, 6) is -0.987. The van der Waals surface area contributed by atoms with Gasteiger partial charge in [-0.1, -0.05) is 37.3 Å². The Bertz CT molecular complexity index is 774. The maximum absolute atomic E-state index is 12.1. The summed E-state index contributed by atoms with van der Waals surface area (Å²) in [5, 5.41) is 13.4. The molecule has 0 aliphatic heterocycles. The maximum atomic E-state index is 12.1. The molecule has 2 aromatic rings. The highest BCUT2D eigenvalue weighted by Crippen LogP contribution is 2.14. The van der Waals surface area contributed by atoms with Crippen LogP contribution in [0.15, 0.2) is 54.6 Å². The molecule has 0 aromatic heterocycles. The molecule has 2 rings (SSSR count). The van der Waals surface area contributed by atoms with Crippen molar-refractivity contribution in [2.45, 2.75) is 25.9 Å². The number of hydrogen-bond acceptors (Lipinski definition) is 5. The number of carbonyl (C=O) groups excluding carboxylic acids is 2. The molecular weight excluding hydrogens is 336 g/mol. The van der Waals surface area contributed by atoms with Gasteiger partial charge in [-0.05, 0) is 30.5 Å². The number of carbonyl (C=O) groups is 2. The van der Waals surface area contributed by atoms with Crippen LogP contribution in [-0.4, -0.2) is 29.4 Å². The van der Waals surface area contributed by atoms with E-state index in [0.29, 0.717) is 6.54 Å². The molecule has 0 heterocycles. The normalized spacial score (nSPS) is 12.7. The SMILES string of the molecule is C[C@H](CNC(=O)[C@@H](C)OC(=O)c1ccc([N+](=O)[O-])cc1)c1ccccc1. The van der Waals surface area contributed by atoms with Crippen LogP contribution in [0.5, 0.6) is 0 Å². The number of benzene rings is 2. The van der Waals surface area contributed by atoms with Gasteiger partial charge in [-0.25, -0.2) is 4.79 Å². The zero-order chi connectivity index (χ0) is 19.1. The van der Waals surface area contributed by atoms with E-state index in [0.717, 1.165) is 5.56 Å². The van der Waals surface area contributed by atoms with Gasteiger partial charge in [0, 0.05) is 18.7 Å². The number of non-ortho nitro benzene ring substituents is 1. The van der Waals surface area contributed by atoms with Crippen molar-refractivity contribution in [1.82, 2.24) is 5.32 Å². The Kier molecular flexibility index (Phi) is 6.43. The number of esters is 1. The van der Waals surface area contributed by atoms with Gasteiger partial charge < -0.3 is 10.1 Å². The number of amides is 1. The number of nitrogens with zero attached hydrogens (tertiary/aromatic N) is 1. The molecule has 2 atom stereocenters. The van der Waals surface area contributed by atoms with Crippen LogP contribution in [-0.2, 0) is 9.53 Å². The third-order valence-electron chi connectivity index (χ3n) is 3.92. The Labute approximate surface area is 151 Å². The fraction of sp³-hybridized carbons (Fsp3) is 0.263. The lowest BCUT2D eigenvalue weighted by Gasteiger charge is -2.16. The molecule has 7 heteroatoms. The van der Waals surface area contributed by atoms with Gasteiger partial charge in [0.15, 0.2) is 6.10 Å². The number of nitro benzene ring substituents is 1. The molecule has 26 heavy (non-hydrogen) atoms. The number of nitro groups is 1. The molecule has 1 amide bonds. The zero-order valence-corrected chi connectivity index (χ0v) is 14.5. The first-order valence-electron chi connectivity index (χ1n) is 8.16. The van der Waals surface area contributed by atoms with Crippen LogP contribution in [0.25, 0.3) is 0 Å². The van der Waals surface area contributed by atoms with Gasteiger partial charge in [-0.2, -0.15) is 0 Å².